The van der Waals surface area contributed by atoms with Crippen molar-refractivity contribution in [2.24, 2.45) is 0 Å². The highest BCUT2D eigenvalue weighted by Crippen LogP contribution is 2.10. The third-order valence-corrected chi connectivity index (χ3v) is 6.80. The minimum Gasteiger partial charge on any atom is -0.379 e. The van der Waals surface area contributed by atoms with Gasteiger partial charge in [-0.15, -0.1) is 0 Å². The van der Waals surface area contributed by atoms with Crippen LogP contribution in [-0.2, 0) is 9.47 Å². The predicted octanol–water partition coefficient (Wildman–Crippen LogP) is 3.58. The van der Waals surface area contributed by atoms with E-state index in [-0.39, 0.29) is 11.8 Å². The molecule has 0 radical (unpaired) electrons. The van der Waals surface area contributed by atoms with Crippen molar-refractivity contribution in [1.82, 2.24) is 20.4 Å². The first-order valence-corrected chi connectivity index (χ1v) is 13.9. The van der Waals surface area contributed by atoms with E-state index in [0.29, 0.717) is 34.3 Å². The fourth-order valence-electron chi connectivity index (χ4n) is 4.07. The molecule has 2 fully saturated rings. The number of nitrogens with zero attached hydrogens (tertiary/aromatic N) is 2. The highest BCUT2D eigenvalue weighted by Gasteiger charge is 2.11. The Morgan fingerprint density at radius 2 is 0.974 bits per heavy atom. The highest BCUT2D eigenvalue weighted by atomic mass is 35.5. The van der Waals surface area contributed by atoms with Crippen molar-refractivity contribution in [2.45, 2.75) is 12.8 Å². The number of carbonyl (C=O) groups excluding carboxylic acids is 2. The normalized spacial score (nSPS) is 16.3. The van der Waals surface area contributed by atoms with Crippen molar-refractivity contribution in [3.63, 3.8) is 0 Å². The summed E-state index contributed by atoms with van der Waals surface area (Å²) < 4.78 is 10.6. The number of halogens is 2. The number of rotatable bonds is 10. The van der Waals surface area contributed by atoms with E-state index >= 15 is 0 Å². The molecule has 2 aliphatic heterocycles. The molecule has 2 aromatic rings. The van der Waals surface area contributed by atoms with Gasteiger partial charge in [0.15, 0.2) is 0 Å². The van der Waals surface area contributed by atoms with Crippen molar-refractivity contribution in [2.75, 3.05) is 78.8 Å². The maximum absolute atomic E-state index is 11.8. The second-order valence-corrected chi connectivity index (χ2v) is 10.0. The van der Waals surface area contributed by atoms with E-state index in [0.717, 1.165) is 78.5 Å². The van der Waals surface area contributed by atoms with E-state index in [4.69, 9.17) is 32.7 Å². The van der Waals surface area contributed by atoms with Gasteiger partial charge in [0, 0.05) is 60.4 Å². The Labute approximate surface area is 235 Å². The van der Waals surface area contributed by atoms with Crippen molar-refractivity contribution in [1.29, 1.82) is 0 Å². The van der Waals surface area contributed by atoms with Gasteiger partial charge in [0.25, 0.3) is 11.8 Å². The first-order valence-electron chi connectivity index (χ1n) is 13.2. The Morgan fingerprint density at radius 1 is 0.632 bits per heavy atom. The average Bonchev–Trinajstić information content (AvgIpc) is 2.95. The molecule has 2 saturated heterocycles. The third kappa shape index (κ3) is 11.7. The second-order valence-electron chi connectivity index (χ2n) is 9.14. The Balaban J connectivity index is 0.000000211. The summed E-state index contributed by atoms with van der Waals surface area (Å²) >= 11 is 11.6. The van der Waals surface area contributed by atoms with Crippen molar-refractivity contribution < 1.29 is 19.1 Å². The van der Waals surface area contributed by atoms with Crippen molar-refractivity contribution >= 4 is 35.0 Å². The molecule has 0 bridgehead atoms. The van der Waals surface area contributed by atoms with Gasteiger partial charge in [0.1, 0.15) is 0 Å². The standard InChI is InChI=1S/2C14H19ClN2O2/c2*15-13-4-2-12(3-5-13)14(18)16-6-1-7-17-8-10-19-11-9-17/h2*2-5H,1,6-11H2,(H,16,18). The van der Waals surface area contributed by atoms with Crippen LogP contribution in [0.4, 0.5) is 0 Å². The molecule has 0 unspecified atom stereocenters. The topological polar surface area (TPSA) is 83.1 Å². The summed E-state index contributed by atoms with van der Waals surface area (Å²) in [5, 5.41) is 7.12. The molecule has 0 spiro atoms. The van der Waals surface area contributed by atoms with E-state index in [9.17, 15) is 9.59 Å². The zero-order valence-electron chi connectivity index (χ0n) is 21.8. The molecule has 2 amide bonds. The smallest absolute Gasteiger partial charge is 0.251 e. The van der Waals surface area contributed by atoms with E-state index < -0.39 is 0 Å². The zero-order chi connectivity index (χ0) is 27.0. The van der Waals surface area contributed by atoms with Gasteiger partial charge in [-0.3, -0.25) is 19.4 Å². The van der Waals surface area contributed by atoms with Gasteiger partial charge in [-0.2, -0.15) is 0 Å². The molecule has 2 N–H and O–H groups in total. The van der Waals surface area contributed by atoms with Gasteiger partial charge in [-0.25, -0.2) is 0 Å². The van der Waals surface area contributed by atoms with Crippen LogP contribution in [0.1, 0.15) is 33.6 Å². The molecule has 8 nitrogen and oxygen atoms in total. The molecule has 0 atom stereocenters. The molecule has 38 heavy (non-hydrogen) atoms. The Kier molecular flexibility index (Phi) is 13.9. The minimum absolute atomic E-state index is 0.0429. The van der Waals surface area contributed by atoms with Gasteiger partial charge in [-0.05, 0) is 74.5 Å². The first kappa shape index (κ1) is 30.3. The summed E-state index contributed by atoms with van der Waals surface area (Å²) in [6.45, 7) is 10.6. The summed E-state index contributed by atoms with van der Waals surface area (Å²) in [6.07, 6.45) is 1.92. The van der Waals surface area contributed by atoms with Crippen LogP contribution in [0.5, 0.6) is 0 Å². The fourth-order valence-corrected chi connectivity index (χ4v) is 4.32. The van der Waals surface area contributed by atoms with Crippen LogP contribution in [0.3, 0.4) is 0 Å². The second kappa shape index (κ2) is 17.4. The molecule has 0 aromatic heterocycles. The molecular formula is C28H38Cl2N4O4. The molecule has 2 aromatic carbocycles. The largest absolute Gasteiger partial charge is 0.379 e. The molecule has 2 heterocycles. The quantitative estimate of drug-likeness (QED) is 0.429. The number of amides is 2. The lowest BCUT2D eigenvalue weighted by atomic mass is 10.2. The molecule has 4 rings (SSSR count). The van der Waals surface area contributed by atoms with Crippen LogP contribution < -0.4 is 10.6 Å². The lowest BCUT2D eigenvalue weighted by Gasteiger charge is -2.26. The Morgan fingerprint density at radius 3 is 1.32 bits per heavy atom. The van der Waals surface area contributed by atoms with E-state index in [1.165, 1.54) is 0 Å². The monoisotopic (exact) mass is 564 g/mol. The van der Waals surface area contributed by atoms with Gasteiger partial charge in [0.05, 0.1) is 26.4 Å². The highest BCUT2D eigenvalue weighted by molar-refractivity contribution is 6.31. The number of hydrogen-bond donors (Lipinski definition) is 2. The van der Waals surface area contributed by atoms with E-state index in [2.05, 4.69) is 20.4 Å². The molecule has 2 aliphatic rings. The van der Waals surface area contributed by atoms with Crippen LogP contribution in [0.2, 0.25) is 10.0 Å². The lowest BCUT2D eigenvalue weighted by Crippen LogP contribution is -2.38. The maximum Gasteiger partial charge on any atom is 0.251 e. The maximum atomic E-state index is 11.8. The average molecular weight is 566 g/mol. The number of hydrogen-bond acceptors (Lipinski definition) is 6. The summed E-state index contributed by atoms with van der Waals surface area (Å²) in [6, 6.07) is 13.8. The number of ether oxygens (including phenoxy) is 2. The SMILES string of the molecule is O=C(NCCCN1CCOCC1)c1ccc(Cl)cc1.O=C(NCCCN1CCOCC1)c1ccc(Cl)cc1. The van der Waals surface area contributed by atoms with Crippen LogP contribution in [-0.4, -0.2) is 100 Å². The van der Waals surface area contributed by atoms with Crippen LogP contribution >= 0.6 is 23.2 Å². The third-order valence-electron chi connectivity index (χ3n) is 6.29. The zero-order valence-corrected chi connectivity index (χ0v) is 23.3. The van der Waals surface area contributed by atoms with Gasteiger partial charge >= 0.3 is 0 Å². The number of carbonyl (C=O) groups is 2. The predicted molar refractivity (Wildman–Crippen MR) is 151 cm³/mol. The number of nitrogens with one attached hydrogen (secondary N) is 2. The van der Waals surface area contributed by atoms with Gasteiger partial charge in [-0.1, -0.05) is 23.2 Å². The van der Waals surface area contributed by atoms with E-state index in [1.54, 1.807) is 48.5 Å². The van der Waals surface area contributed by atoms with E-state index in [1.807, 2.05) is 0 Å². The molecule has 208 valence electrons. The summed E-state index contributed by atoms with van der Waals surface area (Å²) in [7, 11) is 0. The number of morpholine rings is 2. The number of benzene rings is 2. The summed E-state index contributed by atoms with van der Waals surface area (Å²) in [5.74, 6) is -0.0858. The van der Waals surface area contributed by atoms with Crippen molar-refractivity contribution in [3.05, 3.63) is 69.7 Å². The van der Waals surface area contributed by atoms with Gasteiger partial charge < -0.3 is 20.1 Å². The lowest BCUT2D eigenvalue weighted by molar-refractivity contribution is 0.0373. The van der Waals surface area contributed by atoms with Crippen LogP contribution in [0, 0.1) is 0 Å². The molecular weight excluding hydrogens is 527 g/mol. The van der Waals surface area contributed by atoms with Crippen LogP contribution in [0.15, 0.2) is 48.5 Å². The van der Waals surface area contributed by atoms with Crippen LogP contribution in [0.25, 0.3) is 0 Å². The fraction of sp³-hybridized carbons (Fsp3) is 0.500. The van der Waals surface area contributed by atoms with Gasteiger partial charge in [0.2, 0.25) is 0 Å². The summed E-state index contributed by atoms with van der Waals surface area (Å²) in [4.78, 5) is 28.4. The first-order chi connectivity index (χ1) is 18.5. The molecule has 0 aliphatic carbocycles. The molecule has 10 heteroatoms. The van der Waals surface area contributed by atoms with Crippen molar-refractivity contribution in [3.8, 4) is 0 Å². The Hall–Kier alpha value is -2.20. The summed E-state index contributed by atoms with van der Waals surface area (Å²) in [5.41, 5.74) is 1.30. The Bertz CT molecular complexity index is 884. The minimum atomic E-state index is -0.0429. The molecule has 0 saturated carbocycles.